The molecule has 1 aromatic carbocycles. The molecule has 4 nitrogen and oxygen atoms in total. The minimum Gasteiger partial charge on any atom is -0.481 e. The van der Waals surface area contributed by atoms with Crippen LogP contribution in [0.15, 0.2) is 47.1 Å². The van der Waals surface area contributed by atoms with Gasteiger partial charge in [0.1, 0.15) is 4.60 Å². The van der Waals surface area contributed by atoms with Crippen LogP contribution >= 0.6 is 15.9 Å². The lowest BCUT2D eigenvalue weighted by Crippen LogP contribution is -2.23. The summed E-state index contributed by atoms with van der Waals surface area (Å²) in [6, 6.07) is 16.3. The van der Waals surface area contributed by atoms with E-state index in [2.05, 4.69) is 45.0 Å². The fraction of sp³-hybridized carbons (Fsp3) is 0.286. The molecular weight excluding hydrogens is 390 g/mol. The fourth-order valence-corrected chi connectivity index (χ4v) is 3.46. The molecule has 0 N–H and O–H groups in total. The van der Waals surface area contributed by atoms with Gasteiger partial charge in [-0.2, -0.15) is 5.26 Å². The van der Waals surface area contributed by atoms with Gasteiger partial charge in [-0.1, -0.05) is 25.1 Å². The number of halogens is 1. The summed E-state index contributed by atoms with van der Waals surface area (Å²) in [6.45, 7) is 4.02. The average Bonchev–Trinajstić information content (AvgIpc) is 2.66. The monoisotopic (exact) mass is 409 g/mol. The summed E-state index contributed by atoms with van der Waals surface area (Å²) in [7, 11) is 1.63. The SMILES string of the molecule is CCc1cc2ccc(C(C)(C#N)Cc3cccc(Br)n3)cc2nc1OC. The Balaban J connectivity index is 2.05. The van der Waals surface area contributed by atoms with E-state index < -0.39 is 5.41 Å². The molecule has 3 rings (SSSR count). The number of nitrogens with zero attached hydrogens (tertiary/aromatic N) is 3. The third kappa shape index (κ3) is 3.56. The van der Waals surface area contributed by atoms with Crippen LogP contribution in [-0.2, 0) is 18.3 Å². The average molecular weight is 410 g/mol. The normalized spacial score (nSPS) is 13.2. The van der Waals surface area contributed by atoms with Gasteiger partial charge in [0, 0.05) is 23.1 Å². The Hall–Kier alpha value is -2.45. The first-order chi connectivity index (χ1) is 12.5. The predicted molar refractivity (Wildman–Crippen MR) is 106 cm³/mol. The molecular formula is C21H20BrN3O. The van der Waals surface area contributed by atoms with Gasteiger partial charge in [0.15, 0.2) is 0 Å². The zero-order valence-electron chi connectivity index (χ0n) is 15.1. The van der Waals surface area contributed by atoms with Crippen LogP contribution in [0.3, 0.4) is 0 Å². The molecule has 0 amide bonds. The van der Waals surface area contributed by atoms with Gasteiger partial charge in [-0.05, 0) is 59.1 Å². The Morgan fingerprint density at radius 1 is 1.19 bits per heavy atom. The minimum absolute atomic E-state index is 0.526. The van der Waals surface area contributed by atoms with E-state index >= 15 is 0 Å². The Bertz CT molecular complexity index is 996. The second kappa shape index (κ2) is 7.43. The van der Waals surface area contributed by atoms with E-state index in [1.807, 2.05) is 43.3 Å². The molecule has 1 atom stereocenters. The predicted octanol–water partition coefficient (Wildman–Crippen LogP) is 4.99. The molecule has 0 radical (unpaired) electrons. The number of hydrogen-bond acceptors (Lipinski definition) is 4. The Morgan fingerprint density at radius 2 is 2.00 bits per heavy atom. The van der Waals surface area contributed by atoms with Gasteiger partial charge in [-0.3, -0.25) is 0 Å². The summed E-state index contributed by atoms with van der Waals surface area (Å²) < 4.78 is 6.18. The minimum atomic E-state index is -0.694. The lowest BCUT2D eigenvalue weighted by molar-refractivity contribution is 0.395. The molecule has 2 aromatic heterocycles. The van der Waals surface area contributed by atoms with E-state index in [9.17, 15) is 5.26 Å². The highest BCUT2D eigenvalue weighted by atomic mass is 79.9. The summed E-state index contributed by atoms with van der Waals surface area (Å²) >= 11 is 3.39. The standard InChI is InChI=1S/C21H20BrN3O/c1-4-14-10-15-8-9-16(11-18(15)25-20(14)26-3)21(2,13-23)12-17-6-5-7-19(22)24-17/h5-11H,4,12H2,1-3H3. The highest BCUT2D eigenvalue weighted by molar-refractivity contribution is 9.10. The number of pyridine rings is 2. The molecule has 0 saturated carbocycles. The van der Waals surface area contributed by atoms with E-state index in [4.69, 9.17) is 4.74 Å². The van der Waals surface area contributed by atoms with Crippen molar-refractivity contribution in [3.63, 3.8) is 0 Å². The van der Waals surface area contributed by atoms with Crippen molar-refractivity contribution >= 4 is 26.8 Å². The van der Waals surface area contributed by atoms with Crippen molar-refractivity contribution in [2.75, 3.05) is 7.11 Å². The first-order valence-corrected chi connectivity index (χ1v) is 9.29. The van der Waals surface area contributed by atoms with E-state index in [0.29, 0.717) is 12.3 Å². The van der Waals surface area contributed by atoms with Gasteiger partial charge in [0.25, 0.3) is 0 Å². The second-order valence-electron chi connectivity index (χ2n) is 6.49. The zero-order valence-corrected chi connectivity index (χ0v) is 16.7. The van der Waals surface area contributed by atoms with Crippen molar-refractivity contribution in [3.8, 4) is 11.9 Å². The molecule has 0 aliphatic heterocycles. The van der Waals surface area contributed by atoms with Crippen molar-refractivity contribution in [3.05, 3.63) is 63.9 Å². The lowest BCUT2D eigenvalue weighted by Gasteiger charge is -2.22. The Morgan fingerprint density at radius 3 is 2.65 bits per heavy atom. The first-order valence-electron chi connectivity index (χ1n) is 8.50. The number of ether oxygens (including phenoxy) is 1. The number of aromatic nitrogens is 2. The molecule has 0 aliphatic carbocycles. The second-order valence-corrected chi connectivity index (χ2v) is 7.30. The lowest BCUT2D eigenvalue weighted by atomic mass is 9.79. The van der Waals surface area contributed by atoms with Gasteiger partial charge in [-0.25, -0.2) is 9.97 Å². The summed E-state index contributed by atoms with van der Waals surface area (Å²) in [4.78, 5) is 9.11. The number of fused-ring (bicyclic) bond motifs is 1. The van der Waals surface area contributed by atoms with Crippen LogP contribution < -0.4 is 4.74 Å². The quantitative estimate of drug-likeness (QED) is 0.557. The van der Waals surface area contributed by atoms with Crippen LogP contribution in [0, 0.1) is 11.3 Å². The molecule has 0 bridgehead atoms. The maximum absolute atomic E-state index is 9.89. The molecule has 0 saturated heterocycles. The van der Waals surface area contributed by atoms with Crippen molar-refractivity contribution in [2.45, 2.75) is 32.1 Å². The van der Waals surface area contributed by atoms with Crippen molar-refractivity contribution in [1.29, 1.82) is 5.26 Å². The molecule has 132 valence electrons. The third-order valence-corrected chi connectivity index (χ3v) is 5.06. The molecule has 5 heteroatoms. The molecule has 0 aliphatic rings. The van der Waals surface area contributed by atoms with Crippen LogP contribution in [0.5, 0.6) is 5.88 Å². The van der Waals surface area contributed by atoms with E-state index in [1.54, 1.807) is 7.11 Å². The maximum Gasteiger partial charge on any atom is 0.216 e. The number of methoxy groups -OCH3 is 1. The van der Waals surface area contributed by atoms with Crippen LogP contribution in [0.1, 0.15) is 30.7 Å². The zero-order chi connectivity index (χ0) is 18.7. The van der Waals surface area contributed by atoms with Crippen molar-refractivity contribution in [2.24, 2.45) is 0 Å². The smallest absolute Gasteiger partial charge is 0.216 e. The van der Waals surface area contributed by atoms with Crippen molar-refractivity contribution in [1.82, 2.24) is 9.97 Å². The Kier molecular flexibility index (Phi) is 5.24. The Labute approximate surface area is 162 Å². The number of hydrogen-bond donors (Lipinski definition) is 0. The van der Waals surface area contributed by atoms with Gasteiger partial charge < -0.3 is 4.74 Å². The van der Waals surface area contributed by atoms with Gasteiger partial charge in [-0.15, -0.1) is 0 Å². The molecule has 2 heterocycles. The largest absolute Gasteiger partial charge is 0.481 e. The van der Waals surface area contributed by atoms with Crippen LogP contribution in [-0.4, -0.2) is 17.1 Å². The van der Waals surface area contributed by atoms with Crippen LogP contribution in [0.25, 0.3) is 10.9 Å². The molecule has 1 unspecified atom stereocenters. The maximum atomic E-state index is 9.89. The van der Waals surface area contributed by atoms with E-state index in [1.165, 1.54) is 0 Å². The molecule has 26 heavy (non-hydrogen) atoms. The first kappa shape index (κ1) is 18.3. The highest BCUT2D eigenvalue weighted by Gasteiger charge is 2.28. The molecule has 3 aromatic rings. The van der Waals surface area contributed by atoms with Gasteiger partial charge in [0.05, 0.1) is 24.1 Å². The summed E-state index contributed by atoms with van der Waals surface area (Å²) in [5.74, 6) is 0.643. The van der Waals surface area contributed by atoms with Gasteiger partial charge >= 0.3 is 0 Å². The number of aryl methyl sites for hydroxylation is 1. The van der Waals surface area contributed by atoms with Crippen molar-refractivity contribution < 1.29 is 4.74 Å². The fourth-order valence-electron chi connectivity index (χ4n) is 3.08. The summed E-state index contributed by atoms with van der Waals surface area (Å²) in [5.41, 5.74) is 3.01. The van der Waals surface area contributed by atoms with Crippen LogP contribution in [0.2, 0.25) is 0 Å². The number of benzene rings is 1. The number of nitriles is 1. The van der Waals surface area contributed by atoms with Crippen LogP contribution in [0.4, 0.5) is 0 Å². The third-order valence-electron chi connectivity index (χ3n) is 4.62. The van der Waals surface area contributed by atoms with E-state index in [0.717, 1.165) is 38.7 Å². The van der Waals surface area contributed by atoms with E-state index in [-0.39, 0.29) is 0 Å². The summed E-state index contributed by atoms with van der Waals surface area (Å²) in [6.07, 6.45) is 1.39. The highest BCUT2D eigenvalue weighted by Crippen LogP contribution is 2.31. The topological polar surface area (TPSA) is 58.8 Å². The molecule has 0 fully saturated rings. The summed E-state index contributed by atoms with van der Waals surface area (Å²) in [5, 5.41) is 10.9. The van der Waals surface area contributed by atoms with Gasteiger partial charge in [0.2, 0.25) is 5.88 Å². The molecule has 0 spiro atoms. The number of rotatable bonds is 5.